The molecule has 0 atom stereocenters. The van der Waals surface area contributed by atoms with Crippen molar-refractivity contribution in [2.24, 2.45) is 0 Å². The van der Waals surface area contributed by atoms with E-state index >= 15 is 0 Å². The maximum absolute atomic E-state index is 4.78. The largest absolute Gasteiger partial charge is 0.367 e. The predicted octanol–water partition coefficient (Wildman–Crippen LogP) is 5.09. The summed E-state index contributed by atoms with van der Waals surface area (Å²) < 4.78 is 0. The first kappa shape index (κ1) is 16.3. The van der Waals surface area contributed by atoms with Gasteiger partial charge in [-0.25, -0.2) is 4.98 Å². The van der Waals surface area contributed by atoms with Crippen LogP contribution < -0.4 is 10.6 Å². The monoisotopic (exact) mass is 352 g/mol. The van der Waals surface area contributed by atoms with Crippen molar-refractivity contribution in [2.45, 2.75) is 44.6 Å². The fourth-order valence-corrected chi connectivity index (χ4v) is 4.17. The van der Waals surface area contributed by atoms with Gasteiger partial charge in [-0.1, -0.05) is 37.5 Å². The highest BCUT2D eigenvalue weighted by atomic mass is 32.1. The van der Waals surface area contributed by atoms with E-state index in [-0.39, 0.29) is 0 Å². The van der Waals surface area contributed by atoms with E-state index in [1.54, 1.807) is 11.3 Å². The summed E-state index contributed by atoms with van der Waals surface area (Å²) in [6.07, 6.45) is 7.45. The third-order valence-electron chi connectivity index (χ3n) is 4.78. The number of nitrogens with one attached hydrogen (secondary N) is 2. The zero-order valence-electron chi connectivity index (χ0n) is 14.4. The van der Waals surface area contributed by atoms with Crippen molar-refractivity contribution in [1.82, 2.24) is 9.97 Å². The van der Waals surface area contributed by atoms with E-state index in [9.17, 15) is 0 Å². The predicted molar refractivity (Wildman–Crippen MR) is 107 cm³/mol. The molecule has 2 heterocycles. The first-order valence-corrected chi connectivity index (χ1v) is 10.1. The van der Waals surface area contributed by atoms with E-state index in [4.69, 9.17) is 4.98 Å². The Morgan fingerprint density at radius 1 is 1.00 bits per heavy atom. The van der Waals surface area contributed by atoms with E-state index in [2.05, 4.69) is 51.3 Å². The van der Waals surface area contributed by atoms with Crippen LogP contribution in [0.2, 0.25) is 0 Å². The first-order valence-electron chi connectivity index (χ1n) is 9.18. The van der Waals surface area contributed by atoms with Crippen molar-refractivity contribution >= 4 is 34.0 Å². The molecule has 0 aliphatic heterocycles. The summed E-state index contributed by atoms with van der Waals surface area (Å²) in [5, 5.41) is 10.3. The molecule has 1 aliphatic rings. The minimum Gasteiger partial charge on any atom is -0.367 e. The van der Waals surface area contributed by atoms with Gasteiger partial charge < -0.3 is 10.6 Å². The number of fused-ring (bicyclic) bond motifs is 1. The standard InChI is InChI=1S/C20H24N4S/c1-2-7-15(8-3-1)22-19-17-10-4-5-11-18(17)23-20(24-19)21-13-12-16-9-6-14-25-16/h4-6,9-11,14-15H,1-3,7-8,12-13H2,(H2,21,22,23,24). The minimum atomic E-state index is 0.533. The second kappa shape index (κ2) is 7.83. The number of aromatic nitrogens is 2. The third kappa shape index (κ3) is 4.10. The lowest BCUT2D eigenvalue weighted by Gasteiger charge is -2.24. The molecule has 0 bridgehead atoms. The lowest BCUT2D eigenvalue weighted by molar-refractivity contribution is 0.462. The Morgan fingerprint density at radius 2 is 1.88 bits per heavy atom. The summed E-state index contributed by atoms with van der Waals surface area (Å²) >= 11 is 1.79. The van der Waals surface area contributed by atoms with Crippen LogP contribution in [0.25, 0.3) is 10.9 Å². The average Bonchev–Trinajstić information content (AvgIpc) is 3.16. The fourth-order valence-electron chi connectivity index (χ4n) is 3.46. The van der Waals surface area contributed by atoms with Gasteiger partial charge in [-0.2, -0.15) is 4.98 Å². The van der Waals surface area contributed by atoms with E-state index < -0.39 is 0 Å². The van der Waals surface area contributed by atoms with Gasteiger partial charge in [0.15, 0.2) is 0 Å². The van der Waals surface area contributed by atoms with Gasteiger partial charge in [0.1, 0.15) is 5.82 Å². The zero-order chi connectivity index (χ0) is 16.9. The zero-order valence-corrected chi connectivity index (χ0v) is 15.2. The summed E-state index contributed by atoms with van der Waals surface area (Å²) in [4.78, 5) is 10.9. The molecule has 1 saturated carbocycles. The highest BCUT2D eigenvalue weighted by Gasteiger charge is 2.16. The molecule has 25 heavy (non-hydrogen) atoms. The molecule has 2 aromatic heterocycles. The van der Waals surface area contributed by atoms with Gasteiger partial charge in [0.25, 0.3) is 0 Å². The van der Waals surface area contributed by atoms with E-state index in [0.29, 0.717) is 12.0 Å². The molecule has 4 rings (SSSR count). The van der Waals surface area contributed by atoms with Gasteiger partial charge in [-0.3, -0.25) is 0 Å². The molecule has 1 fully saturated rings. The van der Waals surface area contributed by atoms with Crippen LogP contribution in [0, 0.1) is 0 Å². The number of para-hydroxylation sites is 1. The van der Waals surface area contributed by atoms with E-state index in [1.165, 1.54) is 37.0 Å². The van der Waals surface area contributed by atoms with Crippen LogP contribution in [0.3, 0.4) is 0 Å². The summed E-state index contributed by atoms with van der Waals surface area (Å²) in [6.45, 7) is 0.849. The van der Waals surface area contributed by atoms with Crippen molar-refractivity contribution in [3.8, 4) is 0 Å². The van der Waals surface area contributed by atoms with Crippen LogP contribution in [0.4, 0.5) is 11.8 Å². The van der Waals surface area contributed by atoms with Gasteiger partial charge in [0.05, 0.1) is 5.52 Å². The fraction of sp³-hybridized carbons (Fsp3) is 0.400. The molecule has 1 aromatic carbocycles. The topological polar surface area (TPSA) is 49.8 Å². The number of hydrogen-bond donors (Lipinski definition) is 2. The third-order valence-corrected chi connectivity index (χ3v) is 5.72. The molecule has 0 spiro atoms. The van der Waals surface area contributed by atoms with Gasteiger partial charge in [-0.05, 0) is 42.8 Å². The van der Waals surface area contributed by atoms with Crippen LogP contribution in [0.15, 0.2) is 41.8 Å². The molecule has 2 N–H and O–H groups in total. The molecule has 0 radical (unpaired) electrons. The summed E-state index contributed by atoms with van der Waals surface area (Å²) in [5.74, 6) is 1.68. The van der Waals surface area contributed by atoms with Crippen LogP contribution in [0.5, 0.6) is 0 Å². The molecular formula is C20H24N4S. The Morgan fingerprint density at radius 3 is 2.72 bits per heavy atom. The lowest BCUT2D eigenvalue weighted by atomic mass is 9.95. The normalized spacial score (nSPS) is 15.4. The SMILES string of the molecule is c1csc(CCNc2nc(NC3CCCCC3)c3ccccc3n2)c1. The molecule has 130 valence electrons. The molecule has 5 heteroatoms. The minimum absolute atomic E-state index is 0.533. The molecule has 0 amide bonds. The van der Waals surface area contributed by atoms with E-state index in [1.807, 2.05) is 6.07 Å². The number of hydrogen-bond acceptors (Lipinski definition) is 5. The van der Waals surface area contributed by atoms with Crippen LogP contribution >= 0.6 is 11.3 Å². The second-order valence-corrected chi connectivity index (χ2v) is 7.68. The van der Waals surface area contributed by atoms with Crippen molar-refractivity contribution < 1.29 is 0 Å². The number of thiophene rings is 1. The van der Waals surface area contributed by atoms with Crippen LogP contribution in [-0.4, -0.2) is 22.6 Å². The Kier molecular flexibility index (Phi) is 5.11. The molecular weight excluding hydrogens is 328 g/mol. The van der Waals surface area contributed by atoms with Crippen molar-refractivity contribution in [1.29, 1.82) is 0 Å². The smallest absolute Gasteiger partial charge is 0.225 e. The Bertz CT molecular complexity index is 810. The summed E-state index contributed by atoms with van der Waals surface area (Å²) in [7, 11) is 0. The maximum atomic E-state index is 4.78. The quantitative estimate of drug-likeness (QED) is 0.649. The Hall–Kier alpha value is -2.14. The van der Waals surface area contributed by atoms with Crippen LogP contribution in [0.1, 0.15) is 37.0 Å². The highest BCUT2D eigenvalue weighted by molar-refractivity contribution is 7.09. The Balaban J connectivity index is 1.52. The van der Waals surface area contributed by atoms with Crippen molar-refractivity contribution in [2.75, 3.05) is 17.2 Å². The summed E-state index contributed by atoms with van der Waals surface area (Å²) in [6, 6.07) is 13.1. The number of benzene rings is 1. The molecule has 4 nitrogen and oxygen atoms in total. The molecule has 0 saturated heterocycles. The number of nitrogens with zero attached hydrogens (tertiary/aromatic N) is 2. The molecule has 0 unspecified atom stereocenters. The molecule has 3 aromatic rings. The number of rotatable bonds is 6. The van der Waals surface area contributed by atoms with Crippen molar-refractivity contribution in [3.05, 3.63) is 46.7 Å². The summed E-state index contributed by atoms with van der Waals surface area (Å²) in [5.41, 5.74) is 0.995. The maximum Gasteiger partial charge on any atom is 0.225 e. The number of anilines is 2. The highest BCUT2D eigenvalue weighted by Crippen LogP contribution is 2.26. The van der Waals surface area contributed by atoms with Crippen LogP contribution in [-0.2, 0) is 6.42 Å². The van der Waals surface area contributed by atoms with Gasteiger partial charge in [0.2, 0.25) is 5.95 Å². The van der Waals surface area contributed by atoms with Gasteiger partial charge >= 0.3 is 0 Å². The lowest BCUT2D eigenvalue weighted by Crippen LogP contribution is -2.23. The second-order valence-electron chi connectivity index (χ2n) is 6.65. The first-order chi connectivity index (χ1) is 12.4. The van der Waals surface area contributed by atoms with Gasteiger partial charge in [-0.15, -0.1) is 11.3 Å². The van der Waals surface area contributed by atoms with E-state index in [0.717, 1.165) is 29.7 Å². The Labute approximate surface area is 152 Å². The average molecular weight is 353 g/mol. The van der Waals surface area contributed by atoms with Crippen molar-refractivity contribution in [3.63, 3.8) is 0 Å². The molecule has 1 aliphatic carbocycles. The van der Waals surface area contributed by atoms with Gasteiger partial charge in [0, 0.05) is 22.8 Å².